The van der Waals surface area contributed by atoms with Crippen LogP contribution in [0.4, 0.5) is 5.69 Å². The van der Waals surface area contributed by atoms with E-state index in [0.717, 1.165) is 16.8 Å². The number of carbonyl (C=O) groups is 1. The Morgan fingerprint density at radius 3 is 2.39 bits per heavy atom. The highest BCUT2D eigenvalue weighted by Crippen LogP contribution is 2.31. The van der Waals surface area contributed by atoms with Crippen LogP contribution in [-0.4, -0.2) is 18.7 Å². The Kier molecular flexibility index (Phi) is 5.85. The average Bonchev–Trinajstić information content (AvgIpc) is 3.08. The van der Waals surface area contributed by atoms with Crippen LogP contribution in [-0.2, 0) is 11.4 Å². The molecule has 31 heavy (non-hydrogen) atoms. The molecule has 4 rings (SSSR count). The van der Waals surface area contributed by atoms with E-state index in [2.05, 4.69) is 24.2 Å². The van der Waals surface area contributed by atoms with Crippen LogP contribution in [0.25, 0.3) is 6.08 Å². The molecule has 3 aromatic carbocycles. The Labute approximate surface area is 182 Å². The number of rotatable bonds is 6. The van der Waals surface area contributed by atoms with E-state index >= 15 is 0 Å². The Bertz CT molecular complexity index is 1150. The minimum atomic E-state index is -0.151. The quantitative estimate of drug-likeness (QED) is 0.510. The zero-order valence-corrected chi connectivity index (χ0v) is 17.8. The van der Waals surface area contributed by atoms with Crippen LogP contribution in [0.3, 0.4) is 0 Å². The monoisotopic (exact) mass is 412 g/mol. The number of aryl methyl sites for hydroxylation is 1. The number of methoxy groups -OCH3 is 1. The number of hydrogen-bond acceptors (Lipinski definition) is 4. The number of benzene rings is 3. The molecule has 3 aromatic rings. The lowest BCUT2D eigenvalue weighted by Crippen LogP contribution is -2.21. The van der Waals surface area contributed by atoms with Crippen molar-refractivity contribution in [2.75, 3.05) is 12.1 Å². The van der Waals surface area contributed by atoms with Crippen molar-refractivity contribution in [1.29, 1.82) is 0 Å². The molecule has 0 saturated heterocycles. The number of nitrogens with zero attached hydrogens (tertiary/aromatic N) is 2. The lowest BCUT2D eigenvalue weighted by Gasteiger charge is -2.12. The van der Waals surface area contributed by atoms with Crippen molar-refractivity contribution in [2.45, 2.75) is 20.5 Å². The van der Waals surface area contributed by atoms with Gasteiger partial charge in [-0.15, -0.1) is 0 Å². The lowest BCUT2D eigenvalue weighted by atomic mass is 10.1. The summed E-state index contributed by atoms with van der Waals surface area (Å²) in [6.45, 7) is 4.35. The third-order valence-corrected chi connectivity index (χ3v) is 5.08. The first-order valence-electron chi connectivity index (χ1n) is 10.1. The van der Waals surface area contributed by atoms with Crippen LogP contribution in [0.2, 0.25) is 0 Å². The van der Waals surface area contributed by atoms with Crippen LogP contribution < -0.4 is 14.5 Å². The molecule has 1 aliphatic rings. The summed E-state index contributed by atoms with van der Waals surface area (Å²) in [4.78, 5) is 12.9. The molecule has 1 aliphatic heterocycles. The molecule has 0 N–H and O–H groups in total. The molecule has 1 heterocycles. The number of anilines is 1. The van der Waals surface area contributed by atoms with E-state index in [1.165, 1.54) is 10.6 Å². The molecular formula is C26H24N2O3. The second-order valence-electron chi connectivity index (χ2n) is 7.38. The van der Waals surface area contributed by atoms with Gasteiger partial charge < -0.3 is 9.47 Å². The molecule has 0 radical (unpaired) electrons. The minimum absolute atomic E-state index is 0.151. The molecule has 156 valence electrons. The number of amides is 1. The van der Waals surface area contributed by atoms with Gasteiger partial charge in [0.05, 0.1) is 24.1 Å². The first-order chi connectivity index (χ1) is 15.0. The van der Waals surface area contributed by atoms with E-state index in [1.54, 1.807) is 7.11 Å². The predicted octanol–water partition coefficient (Wildman–Crippen LogP) is 5.39. The molecule has 5 nitrogen and oxygen atoms in total. The van der Waals surface area contributed by atoms with E-state index in [-0.39, 0.29) is 5.91 Å². The zero-order valence-electron chi connectivity index (χ0n) is 17.8. The van der Waals surface area contributed by atoms with Crippen molar-refractivity contribution < 1.29 is 14.3 Å². The van der Waals surface area contributed by atoms with E-state index in [4.69, 9.17) is 9.47 Å². The van der Waals surface area contributed by atoms with Crippen molar-refractivity contribution in [2.24, 2.45) is 5.10 Å². The van der Waals surface area contributed by atoms with Crippen LogP contribution >= 0.6 is 0 Å². The summed E-state index contributed by atoms with van der Waals surface area (Å²) in [5.41, 5.74) is 5.11. The summed E-state index contributed by atoms with van der Waals surface area (Å²) in [6, 6.07) is 23.3. The Hall–Kier alpha value is -3.86. The van der Waals surface area contributed by atoms with E-state index in [9.17, 15) is 4.79 Å². The molecule has 0 saturated carbocycles. The van der Waals surface area contributed by atoms with Gasteiger partial charge in [-0.25, -0.2) is 0 Å². The fourth-order valence-corrected chi connectivity index (χ4v) is 3.33. The molecule has 0 bridgehead atoms. The lowest BCUT2D eigenvalue weighted by molar-refractivity contribution is -0.114. The first-order valence-corrected chi connectivity index (χ1v) is 10.1. The summed E-state index contributed by atoms with van der Waals surface area (Å²) >= 11 is 0. The second-order valence-corrected chi connectivity index (χ2v) is 7.38. The third kappa shape index (κ3) is 4.51. The molecule has 0 aromatic heterocycles. The van der Waals surface area contributed by atoms with Gasteiger partial charge >= 0.3 is 0 Å². The van der Waals surface area contributed by atoms with Crippen LogP contribution in [0.5, 0.6) is 11.5 Å². The molecule has 0 aliphatic carbocycles. The molecule has 0 unspecified atom stereocenters. The number of carbonyl (C=O) groups excluding carboxylic acids is 1. The minimum Gasteiger partial charge on any atom is -0.493 e. The summed E-state index contributed by atoms with van der Waals surface area (Å²) < 4.78 is 11.5. The maximum absolute atomic E-state index is 12.9. The standard InChI is InChI=1S/C26H24N2O3/c1-18-9-11-20(12-10-18)17-31-24-14-13-21(16-25(24)30-3)15-23-19(2)27-28(26(23)29)22-7-5-4-6-8-22/h4-16H,17H2,1-3H3/b23-15-. The van der Waals surface area contributed by atoms with Gasteiger partial charge in [-0.2, -0.15) is 10.1 Å². The van der Waals surface area contributed by atoms with Gasteiger partial charge in [0.15, 0.2) is 11.5 Å². The molecular weight excluding hydrogens is 388 g/mol. The van der Waals surface area contributed by atoms with Crippen LogP contribution in [0.15, 0.2) is 83.5 Å². The van der Waals surface area contributed by atoms with Crippen molar-refractivity contribution in [3.63, 3.8) is 0 Å². The maximum atomic E-state index is 12.9. The van der Waals surface area contributed by atoms with E-state index < -0.39 is 0 Å². The zero-order chi connectivity index (χ0) is 21.8. The number of ether oxygens (including phenoxy) is 2. The topological polar surface area (TPSA) is 51.1 Å². The molecule has 0 atom stereocenters. The van der Waals surface area contributed by atoms with Crippen molar-refractivity contribution in [1.82, 2.24) is 0 Å². The third-order valence-electron chi connectivity index (χ3n) is 5.08. The number of para-hydroxylation sites is 1. The largest absolute Gasteiger partial charge is 0.493 e. The van der Waals surface area contributed by atoms with Gasteiger partial charge in [-0.1, -0.05) is 54.1 Å². The number of hydrazone groups is 1. The summed E-state index contributed by atoms with van der Waals surface area (Å²) in [6.07, 6.45) is 1.83. The molecule has 0 fully saturated rings. The predicted molar refractivity (Wildman–Crippen MR) is 124 cm³/mol. The fraction of sp³-hybridized carbons (Fsp3) is 0.154. The van der Waals surface area contributed by atoms with E-state index in [1.807, 2.05) is 73.7 Å². The Balaban J connectivity index is 1.53. The highest BCUT2D eigenvalue weighted by Gasteiger charge is 2.28. The fourth-order valence-electron chi connectivity index (χ4n) is 3.33. The van der Waals surface area contributed by atoms with Gasteiger partial charge in [0.2, 0.25) is 0 Å². The summed E-state index contributed by atoms with van der Waals surface area (Å²) in [5, 5.41) is 5.85. The Morgan fingerprint density at radius 2 is 1.68 bits per heavy atom. The second kappa shape index (κ2) is 8.88. The van der Waals surface area contributed by atoms with Crippen LogP contribution in [0.1, 0.15) is 23.6 Å². The molecule has 1 amide bonds. The average molecular weight is 412 g/mol. The molecule has 0 spiro atoms. The Morgan fingerprint density at radius 1 is 0.935 bits per heavy atom. The van der Waals surface area contributed by atoms with Gasteiger partial charge in [0.1, 0.15) is 6.61 Å². The van der Waals surface area contributed by atoms with Crippen molar-refractivity contribution in [3.8, 4) is 11.5 Å². The van der Waals surface area contributed by atoms with Gasteiger partial charge in [-0.3, -0.25) is 4.79 Å². The normalized spacial score (nSPS) is 14.7. The van der Waals surface area contributed by atoms with Gasteiger partial charge in [0.25, 0.3) is 5.91 Å². The van der Waals surface area contributed by atoms with Crippen molar-refractivity contribution in [3.05, 3.63) is 95.1 Å². The highest BCUT2D eigenvalue weighted by atomic mass is 16.5. The maximum Gasteiger partial charge on any atom is 0.280 e. The van der Waals surface area contributed by atoms with Gasteiger partial charge in [0, 0.05) is 0 Å². The highest BCUT2D eigenvalue weighted by molar-refractivity contribution is 6.32. The number of hydrogen-bond donors (Lipinski definition) is 0. The van der Waals surface area contributed by atoms with Gasteiger partial charge in [-0.05, 0) is 55.3 Å². The summed E-state index contributed by atoms with van der Waals surface area (Å²) in [5.74, 6) is 1.11. The SMILES string of the molecule is COc1cc(/C=C2\C(=O)N(c3ccccc3)N=C2C)ccc1OCc1ccc(C)cc1. The molecule has 5 heteroatoms. The smallest absolute Gasteiger partial charge is 0.280 e. The van der Waals surface area contributed by atoms with Crippen molar-refractivity contribution >= 4 is 23.4 Å². The van der Waals surface area contributed by atoms with E-state index in [0.29, 0.717) is 29.4 Å². The first kappa shape index (κ1) is 20.4. The van der Waals surface area contributed by atoms with Crippen LogP contribution in [0, 0.1) is 6.92 Å². The summed E-state index contributed by atoms with van der Waals surface area (Å²) in [7, 11) is 1.61.